The summed E-state index contributed by atoms with van der Waals surface area (Å²) in [4.78, 5) is 0. The third-order valence-electron chi connectivity index (χ3n) is 6.09. The van der Waals surface area contributed by atoms with Gasteiger partial charge in [-0.3, -0.25) is 0 Å². The van der Waals surface area contributed by atoms with Crippen LogP contribution >= 0.6 is 0 Å². The number of benzene rings is 3. The Labute approximate surface area is 240 Å². The molecule has 0 amide bonds. The summed E-state index contributed by atoms with van der Waals surface area (Å²) >= 11 is 0. The van der Waals surface area contributed by atoms with Crippen LogP contribution in [-0.4, -0.2) is 6.71 Å². The van der Waals surface area contributed by atoms with Crippen molar-refractivity contribution >= 4 is 23.1 Å². The van der Waals surface area contributed by atoms with Crippen molar-refractivity contribution in [1.29, 1.82) is 0 Å². The molecule has 0 aromatic heterocycles. The molecule has 0 aliphatic heterocycles. The first-order valence-corrected chi connectivity index (χ1v) is 11.3. The first kappa shape index (κ1) is 36.7. The lowest BCUT2D eigenvalue weighted by Gasteiger charge is -2.25. The predicted molar refractivity (Wildman–Crippen MR) is 114 cm³/mol. The van der Waals surface area contributed by atoms with Crippen LogP contribution in [0, 0.1) is 17.5 Å². The monoisotopic (exact) mass is 704 g/mol. The van der Waals surface area contributed by atoms with Crippen LogP contribution in [0.3, 0.4) is 0 Å². The van der Waals surface area contributed by atoms with Gasteiger partial charge in [0.2, 0.25) is 6.71 Å². The van der Waals surface area contributed by atoms with E-state index in [4.69, 9.17) is 0 Å². The van der Waals surface area contributed by atoms with Crippen LogP contribution in [0.2, 0.25) is 0 Å². The maximum atomic E-state index is 15.4. The molecule has 252 valence electrons. The molecule has 0 heterocycles. The highest BCUT2D eigenvalue weighted by Gasteiger charge is 2.51. The molecule has 0 N–H and O–H groups in total. The first-order valence-electron chi connectivity index (χ1n) is 11.3. The van der Waals surface area contributed by atoms with Crippen LogP contribution in [0.4, 0.5) is 92.2 Å². The summed E-state index contributed by atoms with van der Waals surface area (Å²) in [5.74, 6) is -10.8. The van der Waals surface area contributed by atoms with Crippen molar-refractivity contribution < 1.29 is 92.2 Å². The molecule has 0 fully saturated rings. The van der Waals surface area contributed by atoms with Gasteiger partial charge in [-0.05, 0) is 12.1 Å². The van der Waals surface area contributed by atoms with Gasteiger partial charge in [-0.15, -0.1) is 0 Å². The van der Waals surface area contributed by atoms with Gasteiger partial charge in [0.05, 0.1) is 22.3 Å². The smallest absolute Gasteiger partial charge is 0.207 e. The van der Waals surface area contributed by atoms with E-state index in [1.54, 1.807) is 0 Å². The lowest BCUT2D eigenvalue weighted by molar-refractivity contribution is -0.151. The van der Waals surface area contributed by atoms with E-state index >= 15 is 8.78 Å². The Morgan fingerprint density at radius 1 is 0.326 bits per heavy atom. The Kier molecular flexibility index (Phi) is 8.94. The second-order valence-electron chi connectivity index (χ2n) is 9.21. The Morgan fingerprint density at radius 2 is 0.565 bits per heavy atom. The maximum absolute atomic E-state index is 15.4. The van der Waals surface area contributed by atoms with Crippen LogP contribution in [0.15, 0.2) is 36.4 Å². The summed E-state index contributed by atoms with van der Waals surface area (Å²) in [6.45, 7) is -3.81. The summed E-state index contributed by atoms with van der Waals surface area (Å²) in [5, 5.41) is 0. The topological polar surface area (TPSA) is 0 Å². The lowest BCUT2D eigenvalue weighted by atomic mass is 9.36. The number of hydrogen-bond acceptors (Lipinski definition) is 0. The number of alkyl halides is 18. The molecule has 0 saturated carbocycles. The van der Waals surface area contributed by atoms with Gasteiger partial charge in [-0.2, -0.15) is 79.0 Å². The summed E-state index contributed by atoms with van der Waals surface area (Å²) in [6, 6.07) is -4.00. The second kappa shape index (κ2) is 11.2. The SMILES string of the molecule is Fc1c(B(c2cc(C(F)(F)F)cc(C(F)(F)F)c2)c2cc(C(F)(F)F)cc(C(F)(F)F)c2)c(F)c(C(F)(F)F)c(F)c1C(F)(F)F. The zero-order valence-corrected chi connectivity index (χ0v) is 21.0. The lowest BCUT2D eigenvalue weighted by Crippen LogP contribution is -2.56. The number of rotatable bonds is 3. The maximum Gasteiger partial charge on any atom is 0.422 e. The Balaban J connectivity index is 2.76. The molecule has 0 bridgehead atoms. The highest BCUT2D eigenvalue weighted by atomic mass is 19.4. The molecule has 0 atom stereocenters. The van der Waals surface area contributed by atoms with Gasteiger partial charge < -0.3 is 0 Å². The molecule has 3 rings (SSSR count). The van der Waals surface area contributed by atoms with Gasteiger partial charge in [0.25, 0.3) is 0 Å². The summed E-state index contributed by atoms with van der Waals surface area (Å²) < 4.78 is 289. The van der Waals surface area contributed by atoms with Crippen molar-refractivity contribution in [3.63, 3.8) is 0 Å². The molecule has 0 aliphatic rings. The highest BCUT2D eigenvalue weighted by molar-refractivity contribution is 6.95. The fourth-order valence-corrected chi connectivity index (χ4v) is 4.25. The van der Waals surface area contributed by atoms with E-state index in [9.17, 15) is 83.4 Å². The third-order valence-corrected chi connectivity index (χ3v) is 6.09. The molecule has 3 aromatic rings. The van der Waals surface area contributed by atoms with Gasteiger partial charge in [-0.1, -0.05) is 35.2 Å². The zero-order chi connectivity index (χ0) is 35.7. The Morgan fingerprint density at radius 3 is 0.761 bits per heavy atom. The summed E-state index contributed by atoms with van der Waals surface area (Å²) in [5.41, 5.74) is -24.6. The van der Waals surface area contributed by atoms with Crippen LogP contribution in [0.25, 0.3) is 0 Å². The van der Waals surface area contributed by atoms with Gasteiger partial charge >= 0.3 is 37.1 Å². The zero-order valence-electron chi connectivity index (χ0n) is 21.0. The summed E-state index contributed by atoms with van der Waals surface area (Å²) in [7, 11) is 0. The fourth-order valence-electron chi connectivity index (χ4n) is 4.25. The minimum absolute atomic E-state index is 0.629. The van der Waals surface area contributed by atoms with Crippen molar-refractivity contribution in [3.8, 4) is 0 Å². The molecule has 0 aliphatic carbocycles. The van der Waals surface area contributed by atoms with E-state index in [0.717, 1.165) is 0 Å². The minimum Gasteiger partial charge on any atom is -0.207 e. The molecule has 0 spiro atoms. The fraction of sp³-hybridized carbons (Fsp3) is 0.250. The first-order chi connectivity index (χ1) is 20.4. The molecule has 0 saturated heterocycles. The molecular formula is C24H6BF21. The molecule has 0 nitrogen and oxygen atoms in total. The van der Waals surface area contributed by atoms with Crippen molar-refractivity contribution in [2.75, 3.05) is 0 Å². The van der Waals surface area contributed by atoms with Crippen LogP contribution in [0.1, 0.15) is 33.4 Å². The van der Waals surface area contributed by atoms with Crippen molar-refractivity contribution in [1.82, 2.24) is 0 Å². The van der Waals surface area contributed by atoms with Crippen molar-refractivity contribution in [2.24, 2.45) is 0 Å². The average Bonchev–Trinajstić information content (AvgIpc) is 2.82. The van der Waals surface area contributed by atoms with Gasteiger partial charge in [0, 0.05) is 5.46 Å². The normalized spacial score (nSPS) is 13.8. The molecule has 3 aromatic carbocycles. The van der Waals surface area contributed by atoms with Gasteiger partial charge in [0.15, 0.2) is 5.82 Å². The van der Waals surface area contributed by atoms with E-state index in [0.29, 0.717) is 0 Å². The molecule has 0 radical (unpaired) electrons. The van der Waals surface area contributed by atoms with Crippen LogP contribution in [0.5, 0.6) is 0 Å². The van der Waals surface area contributed by atoms with E-state index < -0.39 is 147 Å². The molecule has 22 heteroatoms. The number of hydrogen-bond donors (Lipinski definition) is 0. The van der Waals surface area contributed by atoms with Gasteiger partial charge in [-0.25, -0.2) is 13.2 Å². The molecular weight excluding hydrogens is 698 g/mol. The molecule has 46 heavy (non-hydrogen) atoms. The van der Waals surface area contributed by atoms with E-state index in [-0.39, 0.29) is 0 Å². The van der Waals surface area contributed by atoms with E-state index in [1.807, 2.05) is 0 Å². The second-order valence-corrected chi connectivity index (χ2v) is 9.21. The average molecular weight is 704 g/mol. The quantitative estimate of drug-likeness (QED) is 0.189. The number of halogens is 21. The van der Waals surface area contributed by atoms with Crippen molar-refractivity contribution in [3.05, 3.63) is 87.2 Å². The Bertz CT molecular complexity index is 1450. The summed E-state index contributed by atoms with van der Waals surface area (Å²) in [6.07, 6.45) is -37.0. The predicted octanol–water partition coefficient (Wildman–Crippen LogP) is 8.73. The molecule has 0 unspecified atom stereocenters. The van der Waals surface area contributed by atoms with Crippen molar-refractivity contribution in [2.45, 2.75) is 37.1 Å². The standard InChI is InChI=1S/C24H6BF21/c26-16-13(23(41,42)43)17(27)15(18(28)14(16)24(44,45)46)25(11-3-7(19(29,30)31)1-8(4-11)20(32,33)34)12-5-9(21(35,36)37)2-10(6-12)22(38,39)40/h1-6H. The van der Waals surface area contributed by atoms with E-state index in [2.05, 4.69) is 0 Å². The van der Waals surface area contributed by atoms with Gasteiger partial charge in [0.1, 0.15) is 22.8 Å². The Hall–Kier alpha value is -3.75. The van der Waals surface area contributed by atoms with Crippen LogP contribution < -0.4 is 16.4 Å². The largest absolute Gasteiger partial charge is 0.422 e. The van der Waals surface area contributed by atoms with Crippen LogP contribution in [-0.2, 0) is 37.1 Å². The minimum atomic E-state index is -6.61. The highest BCUT2D eigenvalue weighted by Crippen LogP contribution is 2.42. The van der Waals surface area contributed by atoms with E-state index in [1.165, 1.54) is 0 Å². The third kappa shape index (κ3) is 7.29.